The fraction of sp³-hybridized carbons (Fsp3) is 0.333. The van der Waals surface area contributed by atoms with E-state index in [0.29, 0.717) is 22.9 Å². The molecule has 0 aliphatic rings. The smallest absolute Gasteiger partial charge is 0.330 e. The monoisotopic (exact) mass is 278 g/mol. The number of hydrogen-bond acceptors (Lipinski definition) is 6. The van der Waals surface area contributed by atoms with Crippen LogP contribution in [0.4, 0.5) is 0 Å². The number of carbonyl (C=O) groups is 1. The molecule has 0 radical (unpaired) electrons. The first-order chi connectivity index (χ1) is 9.56. The van der Waals surface area contributed by atoms with Crippen LogP contribution in [0, 0.1) is 0 Å². The van der Waals surface area contributed by atoms with Crippen molar-refractivity contribution in [3.05, 3.63) is 18.2 Å². The lowest BCUT2D eigenvalue weighted by Crippen LogP contribution is -2.18. The molecule has 1 atom stereocenters. The number of nitrogens with zero attached hydrogens (tertiary/aromatic N) is 4. The summed E-state index contributed by atoms with van der Waals surface area (Å²) < 4.78 is 10.3. The Kier molecular flexibility index (Phi) is 3.83. The maximum Gasteiger partial charge on any atom is 0.330 e. The Hall–Kier alpha value is -2.64. The summed E-state index contributed by atoms with van der Waals surface area (Å²) in [7, 11) is 3.07. The number of carboxylic acids is 1. The molecule has 1 unspecified atom stereocenters. The van der Waals surface area contributed by atoms with Crippen molar-refractivity contribution in [2.24, 2.45) is 0 Å². The summed E-state index contributed by atoms with van der Waals surface area (Å²) >= 11 is 0. The Balaban J connectivity index is 2.35. The van der Waals surface area contributed by atoms with Crippen molar-refractivity contribution in [1.82, 2.24) is 20.2 Å². The van der Waals surface area contributed by atoms with Crippen molar-refractivity contribution in [1.29, 1.82) is 0 Å². The molecule has 0 bridgehead atoms. The number of methoxy groups -OCH3 is 2. The maximum atomic E-state index is 10.9. The zero-order valence-electron chi connectivity index (χ0n) is 11.3. The van der Waals surface area contributed by atoms with Gasteiger partial charge < -0.3 is 14.6 Å². The lowest BCUT2D eigenvalue weighted by Gasteiger charge is -2.07. The molecule has 1 N–H and O–H groups in total. The highest BCUT2D eigenvalue weighted by Crippen LogP contribution is 2.30. The second-order valence-corrected chi connectivity index (χ2v) is 4.02. The van der Waals surface area contributed by atoms with Crippen LogP contribution in [0.3, 0.4) is 0 Å². The van der Waals surface area contributed by atoms with Crippen molar-refractivity contribution < 1.29 is 19.4 Å². The first-order valence-electron chi connectivity index (χ1n) is 5.81. The molecule has 20 heavy (non-hydrogen) atoms. The first kappa shape index (κ1) is 13.8. The average Bonchev–Trinajstić information content (AvgIpc) is 2.95. The summed E-state index contributed by atoms with van der Waals surface area (Å²) in [5, 5.41) is 20.5. The molecule has 1 aromatic heterocycles. The van der Waals surface area contributed by atoms with Gasteiger partial charge in [-0.05, 0) is 30.3 Å². The molecule has 0 amide bonds. The molecule has 106 valence electrons. The van der Waals surface area contributed by atoms with E-state index in [1.165, 1.54) is 14.0 Å². The molecule has 0 saturated carbocycles. The maximum absolute atomic E-state index is 10.9. The molecule has 0 saturated heterocycles. The Morgan fingerprint density at radius 3 is 2.60 bits per heavy atom. The van der Waals surface area contributed by atoms with Crippen LogP contribution < -0.4 is 9.47 Å². The standard InChI is InChI=1S/C12H14N4O4/c1-7(12(17)18)16-14-11(13-15-16)8-4-5-9(19-2)10(6-8)20-3/h4-7H,1-3H3,(H,17,18). The Morgan fingerprint density at radius 2 is 2.00 bits per heavy atom. The fourth-order valence-electron chi connectivity index (χ4n) is 1.58. The number of hydrogen-bond donors (Lipinski definition) is 1. The van der Waals surface area contributed by atoms with Gasteiger partial charge in [-0.1, -0.05) is 0 Å². The van der Waals surface area contributed by atoms with Crippen LogP contribution in [0.15, 0.2) is 18.2 Å². The number of aromatic nitrogens is 4. The second-order valence-electron chi connectivity index (χ2n) is 4.02. The van der Waals surface area contributed by atoms with E-state index in [2.05, 4.69) is 15.4 Å². The topological polar surface area (TPSA) is 99.4 Å². The van der Waals surface area contributed by atoms with Crippen LogP contribution in [0.2, 0.25) is 0 Å². The fourth-order valence-corrected chi connectivity index (χ4v) is 1.58. The highest BCUT2D eigenvalue weighted by atomic mass is 16.5. The van der Waals surface area contributed by atoms with Gasteiger partial charge in [0.1, 0.15) is 0 Å². The zero-order chi connectivity index (χ0) is 14.7. The number of carboxylic acid groups (broad SMARTS) is 1. The van der Waals surface area contributed by atoms with Gasteiger partial charge in [0.25, 0.3) is 0 Å². The first-order valence-corrected chi connectivity index (χ1v) is 5.81. The van der Waals surface area contributed by atoms with Gasteiger partial charge in [0, 0.05) is 5.56 Å². The Bertz CT molecular complexity index is 626. The van der Waals surface area contributed by atoms with Gasteiger partial charge in [-0.2, -0.15) is 0 Å². The molecule has 0 aliphatic carbocycles. The highest BCUT2D eigenvalue weighted by Gasteiger charge is 2.18. The zero-order valence-corrected chi connectivity index (χ0v) is 11.3. The van der Waals surface area contributed by atoms with Gasteiger partial charge in [0.05, 0.1) is 14.2 Å². The molecule has 0 fully saturated rings. The molecule has 0 spiro atoms. The van der Waals surface area contributed by atoms with E-state index in [4.69, 9.17) is 14.6 Å². The van der Waals surface area contributed by atoms with E-state index in [1.54, 1.807) is 25.3 Å². The summed E-state index contributed by atoms with van der Waals surface area (Å²) in [4.78, 5) is 11.9. The Labute approximate surface area is 114 Å². The van der Waals surface area contributed by atoms with Gasteiger partial charge in [0.15, 0.2) is 17.5 Å². The molecular formula is C12H14N4O4. The van der Waals surface area contributed by atoms with Gasteiger partial charge in [-0.15, -0.1) is 15.0 Å². The quantitative estimate of drug-likeness (QED) is 0.870. The van der Waals surface area contributed by atoms with E-state index in [1.807, 2.05) is 0 Å². The number of aliphatic carboxylic acids is 1. The third kappa shape index (κ3) is 2.53. The van der Waals surface area contributed by atoms with Crippen LogP contribution in [0.25, 0.3) is 11.4 Å². The third-order valence-corrected chi connectivity index (χ3v) is 2.77. The Morgan fingerprint density at radius 1 is 1.30 bits per heavy atom. The molecule has 8 nitrogen and oxygen atoms in total. The predicted octanol–water partition coefficient (Wildman–Crippen LogP) is 1.00. The normalized spacial score (nSPS) is 11.9. The molecule has 1 heterocycles. The van der Waals surface area contributed by atoms with Crippen molar-refractivity contribution in [3.63, 3.8) is 0 Å². The van der Waals surface area contributed by atoms with E-state index in [9.17, 15) is 4.79 Å². The summed E-state index contributed by atoms with van der Waals surface area (Å²) in [6.45, 7) is 1.47. The summed E-state index contributed by atoms with van der Waals surface area (Å²) in [6, 6.07) is 4.28. The minimum Gasteiger partial charge on any atom is -0.493 e. The predicted molar refractivity (Wildman–Crippen MR) is 68.7 cm³/mol. The molecule has 8 heteroatoms. The second kappa shape index (κ2) is 5.55. The van der Waals surface area contributed by atoms with E-state index < -0.39 is 12.0 Å². The van der Waals surface area contributed by atoms with Gasteiger partial charge in [0.2, 0.25) is 5.82 Å². The van der Waals surface area contributed by atoms with Crippen LogP contribution in [-0.2, 0) is 4.79 Å². The minimum absolute atomic E-state index is 0.319. The van der Waals surface area contributed by atoms with Crippen LogP contribution in [-0.4, -0.2) is 45.5 Å². The summed E-state index contributed by atoms with van der Waals surface area (Å²) in [6.07, 6.45) is 0. The largest absolute Gasteiger partial charge is 0.493 e. The van der Waals surface area contributed by atoms with Crippen molar-refractivity contribution in [2.45, 2.75) is 13.0 Å². The van der Waals surface area contributed by atoms with Gasteiger partial charge in [-0.3, -0.25) is 0 Å². The van der Waals surface area contributed by atoms with Gasteiger partial charge in [-0.25, -0.2) is 4.79 Å². The highest BCUT2D eigenvalue weighted by molar-refractivity contribution is 5.71. The van der Waals surface area contributed by atoms with E-state index in [0.717, 1.165) is 4.80 Å². The molecule has 0 aliphatic heterocycles. The lowest BCUT2D eigenvalue weighted by molar-refractivity contribution is -0.141. The van der Waals surface area contributed by atoms with Crippen LogP contribution in [0.5, 0.6) is 11.5 Å². The average molecular weight is 278 g/mol. The van der Waals surface area contributed by atoms with Crippen molar-refractivity contribution in [3.8, 4) is 22.9 Å². The molecular weight excluding hydrogens is 264 g/mol. The van der Waals surface area contributed by atoms with Gasteiger partial charge >= 0.3 is 5.97 Å². The van der Waals surface area contributed by atoms with Crippen molar-refractivity contribution in [2.75, 3.05) is 14.2 Å². The summed E-state index contributed by atoms with van der Waals surface area (Å²) in [5.41, 5.74) is 0.659. The minimum atomic E-state index is -1.03. The number of rotatable bonds is 5. The lowest BCUT2D eigenvalue weighted by atomic mass is 10.2. The third-order valence-electron chi connectivity index (χ3n) is 2.77. The SMILES string of the molecule is COc1ccc(-c2nnn(C(C)C(=O)O)n2)cc1OC. The van der Waals surface area contributed by atoms with E-state index in [-0.39, 0.29) is 0 Å². The van der Waals surface area contributed by atoms with Crippen LogP contribution >= 0.6 is 0 Å². The number of benzene rings is 1. The van der Waals surface area contributed by atoms with Crippen LogP contribution in [0.1, 0.15) is 13.0 Å². The molecule has 1 aromatic carbocycles. The summed E-state index contributed by atoms with van der Waals surface area (Å²) in [5.74, 6) is 0.412. The molecule has 2 rings (SSSR count). The van der Waals surface area contributed by atoms with Crippen molar-refractivity contribution >= 4 is 5.97 Å². The van der Waals surface area contributed by atoms with E-state index >= 15 is 0 Å². The number of ether oxygens (including phenoxy) is 2. The number of tetrazole rings is 1. The molecule has 2 aromatic rings.